The van der Waals surface area contributed by atoms with Crippen LogP contribution in [0.15, 0.2) is 0 Å². The fraction of sp³-hybridized carbons (Fsp3) is 0. The first-order chi connectivity index (χ1) is 1.41. The van der Waals surface area contributed by atoms with Gasteiger partial charge < -0.3 is 51.0 Å². The molecule has 0 bridgehead atoms. The molecule has 0 aliphatic carbocycles. The Hall–Kier alpha value is 0.794. The van der Waals surface area contributed by atoms with E-state index >= 15 is 0 Å². The van der Waals surface area contributed by atoms with E-state index in [9.17, 15) is 0 Å². The molecule has 0 amide bonds. The van der Waals surface area contributed by atoms with E-state index in [-0.39, 0.29) is 79.6 Å². The molecule has 0 aliphatic rings. The summed E-state index contributed by atoms with van der Waals surface area (Å²) in [5.74, 6) is 0. The van der Waals surface area contributed by atoms with Crippen molar-refractivity contribution in [1.82, 2.24) is 0 Å². The van der Waals surface area contributed by atoms with Crippen LogP contribution in [0.4, 0.5) is 0 Å². The van der Waals surface area contributed by atoms with E-state index in [1.165, 1.54) is 5.40 Å². The molecule has 0 aromatic carbocycles. The zero-order valence-electron chi connectivity index (χ0n) is 5.43. The largest absolute Gasteiger partial charge is 0.696 e. The van der Waals surface area contributed by atoms with Crippen LogP contribution < -0.4 is 0 Å². The van der Waals surface area contributed by atoms with Gasteiger partial charge in [0.25, 0.3) is 0 Å². The number of hydrogen-bond acceptors (Lipinski definition) is 2. The molecule has 1 radical (unpaired) electrons. The van der Waals surface area contributed by atoms with Crippen LogP contribution in [0, 0.1) is 52.0 Å². The molecule has 0 saturated carbocycles. The first-order valence-corrected chi connectivity index (χ1v) is 0.836. The normalized spacial score (nSPS) is 0.636. The smallest absolute Gasteiger partial charge is 0 e. The van der Waals surface area contributed by atoms with Gasteiger partial charge in [-0.3, -0.25) is 0 Å². The maximum Gasteiger partial charge on any atom is 0 e. The quantitative estimate of drug-likeness (QED) is 0.312. The third-order valence-electron chi connectivity index (χ3n) is 0. The van der Waals surface area contributed by atoms with Gasteiger partial charge in [0.05, 0.1) is 0 Å². The van der Waals surface area contributed by atoms with E-state index < -0.39 is 0 Å². The molecule has 14 N–H and O–H groups in total. The average Bonchev–Trinajstić information content (AvgIpc) is 0.918. The van der Waals surface area contributed by atoms with Crippen LogP contribution in [0.2, 0.25) is 0 Å². The van der Waals surface area contributed by atoms with Crippen molar-refractivity contribution < 1.29 is 79.6 Å². The second-order valence-electron chi connectivity index (χ2n) is 0.0913. The van der Waals surface area contributed by atoms with Crippen molar-refractivity contribution in [2.45, 2.75) is 0 Å². The van der Waals surface area contributed by atoms with Gasteiger partial charge in [0.1, 0.15) is 0 Å². The Labute approximate surface area is 102 Å². The third-order valence-corrected chi connectivity index (χ3v) is 0. The van der Waals surface area contributed by atoms with E-state index in [1.54, 1.807) is 0 Å². The molecule has 0 saturated heterocycles. The maximum absolute atomic E-state index is 7.13. The van der Waals surface area contributed by atoms with Crippen LogP contribution >= 0.6 is 0 Å². The summed E-state index contributed by atoms with van der Waals surface area (Å²) in [6, 6.07) is 0. The molecular weight excluding hydrogens is 311 g/mol. The molecular formula is CH14NO7PrS-. The van der Waals surface area contributed by atoms with E-state index in [4.69, 9.17) is 5.26 Å². The van der Waals surface area contributed by atoms with Crippen molar-refractivity contribution in [1.29, 1.82) is 5.26 Å². The van der Waals surface area contributed by atoms with Crippen molar-refractivity contribution in [2.75, 3.05) is 0 Å². The fourth-order valence-electron chi connectivity index (χ4n) is 0. The fourth-order valence-corrected chi connectivity index (χ4v) is 0. The number of nitrogens with zero attached hydrogens (tertiary/aromatic N) is 1. The monoisotopic (exact) mass is 325 g/mol. The summed E-state index contributed by atoms with van der Waals surface area (Å²) in [6.07, 6.45) is 0. The SMILES string of the molecule is N#C[S-].O.O.O.O.O.O.O.[Pr]. The Morgan fingerprint density at radius 1 is 0.727 bits per heavy atom. The molecule has 8 nitrogen and oxygen atoms in total. The number of rotatable bonds is 0. The van der Waals surface area contributed by atoms with Gasteiger partial charge in [-0.05, 0) is 0 Å². The predicted octanol–water partition coefficient (Wildman–Crippen LogP) is -5.76. The van der Waals surface area contributed by atoms with Gasteiger partial charge >= 0.3 is 0 Å². The molecule has 0 heterocycles. The standard InChI is InChI=1S/CHNS.7H2O.Pr/c2-1-3;;;;;;;;/h3H;7*1H2;/p-1. The molecule has 0 aliphatic heterocycles. The summed E-state index contributed by atoms with van der Waals surface area (Å²) in [6.45, 7) is 0. The average molecular weight is 325 g/mol. The van der Waals surface area contributed by atoms with Crippen molar-refractivity contribution in [2.24, 2.45) is 0 Å². The van der Waals surface area contributed by atoms with Crippen LogP contribution in [-0.4, -0.2) is 38.3 Å². The topological polar surface area (TPSA) is 244 Å². The van der Waals surface area contributed by atoms with Crippen LogP contribution in [-0.2, 0) is 12.6 Å². The zero-order valence-corrected chi connectivity index (χ0v) is 9.95. The Bertz CT molecular complexity index is 39.9. The van der Waals surface area contributed by atoms with Crippen molar-refractivity contribution in [3.8, 4) is 5.40 Å². The van der Waals surface area contributed by atoms with Gasteiger partial charge in [-0.25, -0.2) is 5.26 Å². The van der Waals surface area contributed by atoms with Crippen molar-refractivity contribution >= 4 is 12.6 Å². The predicted molar refractivity (Wildman–Crippen MR) is 38.3 cm³/mol. The van der Waals surface area contributed by atoms with Crippen molar-refractivity contribution in [3.05, 3.63) is 0 Å². The van der Waals surface area contributed by atoms with Crippen LogP contribution in [0.5, 0.6) is 0 Å². The Morgan fingerprint density at radius 3 is 0.727 bits per heavy atom. The molecule has 11 heavy (non-hydrogen) atoms. The first-order valence-electron chi connectivity index (χ1n) is 0.428. The van der Waals surface area contributed by atoms with Crippen LogP contribution in [0.1, 0.15) is 0 Å². The van der Waals surface area contributed by atoms with Gasteiger partial charge in [-0.15, -0.1) is 0 Å². The summed E-state index contributed by atoms with van der Waals surface area (Å²) < 4.78 is 0. The molecule has 0 aromatic rings. The summed E-state index contributed by atoms with van der Waals surface area (Å²) in [7, 11) is 0. The summed E-state index contributed by atoms with van der Waals surface area (Å²) >= 11 is 3.70. The molecule has 75 valence electrons. The maximum atomic E-state index is 7.13. The Balaban J connectivity index is -0.000000000714. The minimum Gasteiger partial charge on any atom is -0.696 e. The second-order valence-corrected chi connectivity index (χ2v) is 0.274. The number of nitriles is 1. The van der Waals surface area contributed by atoms with Crippen LogP contribution in [0.25, 0.3) is 0 Å². The Morgan fingerprint density at radius 2 is 0.727 bits per heavy atom. The Kier molecular flexibility index (Phi) is 5150. The van der Waals surface area contributed by atoms with Gasteiger partial charge in [0.15, 0.2) is 0 Å². The van der Waals surface area contributed by atoms with E-state index in [0.29, 0.717) is 0 Å². The summed E-state index contributed by atoms with van der Waals surface area (Å²) in [5.41, 5.74) is 0. The minimum atomic E-state index is 0. The van der Waals surface area contributed by atoms with E-state index in [1.807, 2.05) is 0 Å². The van der Waals surface area contributed by atoms with E-state index in [2.05, 4.69) is 12.6 Å². The molecule has 0 spiro atoms. The molecule has 0 unspecified atom stereocenters. The summed E-state index contributed by atoms with van der Waals surface area (Å²) in [5, 5.41) is 8.47. The van der Waals surface area contributed by atoms with Gasteiger partial charge in [0.2, 0.25) is 0 Å². The minimum absolute atomic E-state index is 0. The molecule has 0 aromatic heterocycles. The number of hydrogen-bond donors (Lipinski definition) is 0. The molecule has 0 atom stereocenters. The van der Waals surface area contributed by atoms with Gasteiger partial charge in [-0.2, -0.15) is 0 Å². The van der Waals surface area contributed by atoms with Crippen LogP contribution in [0.3, 0.4) is 0 Å². The summed E-state index contributed by atoms with van der Waals surface area (Å²) in [4.78, 5) is 0. The molecule has 0 rings (SSSR count). The van der Waals surface area contributed by atoms with Crippen molar-refractivity contribution in [3.63, 3.8) is 0 Å². The molecule has 10 heteroatoms. The first kappa shape index (κ1) is 176. The number of thiocyanates is 1. The van der Waals surface area contributed by atoms with E-state index in [0.717, 1.165) is 0 Å². The molecule has 0 fully saturated rings. The zero-order chi connectivity index (χ0) is 2.71. The second kappa shape index (κ2) is 322. The van der Waals surface area contributed by atoms with Gasteiger partial charge in [-0.1, -0.05) is 5.40 Å². The third kappa shape index (κ3) is 1330. The van der Waals surface area contributed by atoms with Gasteiger partial charge in [0, 0.05) is 41.3 Å².